The number of nitrogens with one attached hydrogen (secondary N) is 4. The maximum absolute atomic E-state index is 13.3. The number of benzene rings is 2. The quantitative estimate of drug-likeness (QED) is 0.119. The SMILES string of the molecule is NC(CS)C(=O)NC(Cc1ccccc1)C(=O)NC(CCC(=O)O)C(=O)NC(Cc1c[nH]c2ccccc12)C(=O)O. The molecule has 218 valence electrons. The summed E-state index contributed by atoms with van der Waals surface area (Å²) < 4.78 is 0. The van der Waals surface area contributed by atoms with Crippen LogP contribution in [0.1, 0.15) is 24.0 Å². The van der Waals surface area contributed by atoms with Crippen LogP contribution in [0.3, 0.4) is 0 Å². The number of fused-ring (bicyclic) bond motifs is 1. The van der Waals surface area contributed by atoms with E-state index in [1.54, 1.807) is 42.6 Å². The van der Waals surface area contributed by atoms with Gasteiger partial charge in [0.05, 0.1) is 6.04 Å². The molecule has 0 bridgehead atoms. The van der Waals surface area contributed by atoms with Crippen molar-refractivity contribution in [1.29, 1.82) is 0 Å². The number of nitrogens with two attached hydrogens (primary N) is 1. The second kappa shape index (κ2) is 14.9. The molecular weight excluding hydrogens is 550 g/mol. The fourth-order valence-electron chi connectivity index (χ4n) is 4.22. The highest BCUT2D eigenvalue weighted by Crippen LogP contribution is 2.19. The molecule has 0 fully saturated rings. The van der Waals surface area contributed by atoms with Crippen LogP contribution in [0.2, 0.25) is 0 Å². The van der Waals surface area contributed by atoms with Crippen molar-refractivity contribution in [2.45, 2.75) is 49.9 Å². The van der Waals surface area contributed by atoms with Gasteiger partial charge in [-0.15, -0.1) is 0 Å². The molecule has 41 heavy (non-hydrogen) atoms. The van der Waals surface area contributed by atoms with E-state index in [0.717, 1.165) is 10.9 Å². The van der Waals surface area contributed by atoms with Gasteiger partial charge in [0.15, 0.2) is 0 Å². The molecule has 3 amide bonds. The predicted molar refractivity (Wildman–Crippen MR) is 154 cm³/mol. The van der Waals surface area contributed by atoms with E-state index < -0.39 is 60.2 Å². The number of carboxylic acids is 2. The van der Waals surface area contributed by atoms with E-state index in [1.165, 1.54) is 0 Å². The normalized spacial score (nSPS) is 13.9. The number of hydrogen-bond acceptors (Lipinski definition) is 7. The van der Waals surface area contributed by atoms with Crippen LogP contribution >= 0.6 is 12.6 Å². The van der Waals surface area contributed by atoms with Crippen LogP contribution in [0.4, 0.5) is 0 Å². The molecule has 13 heteroatoms. The van der Waals surface area contributed by atoms with Crippen LogP contribution < -0.4 is 21.7 Å². The highest BCUT2D eigenvalue weighted by atomic mass is 32.1. The summed E-state index contributed by atoms with van der Waals surface area (Å²) >= 11 is 4.01. The van der Waals surface area contributed by atoms with Crippen molar-refractivity contribution in [2.75, 3.05) is 5.75 Å². The first-order valence-electron chi connectivity index (χ1n) is 12.9. The molecule has 8 N–H and O–H groups in total. The standard InChI is InChI=1S/C28H33N5O7S/c29-19(15-41)25(36)32-22(12-16-6-2-1-3-7-16)27(38)31-21(10-11-24(34)35)26(37)33-23(28(39)40)13-17-14-30-20-9-5-4-8-18(17)20/h1-9,14,19,21-23,30,41H,10-13,15,29H2,(H,31,38)(H,32,36)(H,33,37)(H,34,35)(H,39,40). The molecule has 1 heterocycles. The molecule has 3 aromatic rings. The summed E-state index contributed by atoms with van der Waals surface area (Å²) in [5.41, 5.74) is 7.92. The van der Waals surface area contributed by atoms with Crippen molar-refractivity contribution in [3.05, 3.63) is 71.9 Å². The van der Waals surface area contributed by atoms with E-state index in [4.69, 9.17) is 5.73 Å². The topological polar surface area (TPSA) is 204 Å². The molecule has 0 spiro atoms. The minimum Gasteiger partial charge on any atom is -0.481 e. The van der Waals surface area contributed by atoms with Crippen molar-refractivity contribution in [3.8, 4) is 0 Å². The molecule has 4 unspecified atom stereocenters. The number of carbonyl (C=O) groups excluding carboxylic acids is 3. The molecule has 0 radical (unpaired) electrons. The van der Waals surface area contributed by atoms with Crippen LogP contribution in [0.25, 0.3) is 10.9 Å². The van der Waals surface area contributed by atoms with Gasteiger partial charge in [-0.2, -0.15) is 12.6 Å². The number of carbonyl (C=O) groups is 5. The Kier molecular flexibility index (Phi) is 11.3. The Morgan fingerprint density at radius 3 is 2.07 bits per heavy atom. The van der Waals surface area contributed by atoms with Crippen LogP contribution in [-0.4, -0.2) is 74.8 Å². The number of H-pyrrole nitrogens is 1. The van der Waals surface area contributed by atoms with Gasteiger partial charge in [-0.1, -0.05) is 48.5 Å². The lowest BCUT2D eigenvalue weighted by atomic mass is 10.0. The number of aromatic amines is 1. The maximum Gasteiger partial charge on any atom is 0.326 e. The summed E-state index contributed by atoms with van der Waals surface area (Å²) in [6, 6.07) is 11.2. The third kappa shape index (κ3) is 9.08. The maximum atomic E-state index is 13.3. The molecule has 1 aromatic heterocycles. The zero-order valence-electron chi connectivity index (χ0n) is 22.1. The second-order valence-electron chi connectivity index (χ2n) is 9.50. The zero-order chi connectivity index (χ0) is 29.9. The first-order valence-corrected chi connectivity index (χ1v) is 13.5. The Balaban J connectivity index is 1.79. The fourth-order valence-corrected chi connectivity index (χ4v) is 4.39. The number of amides is 3. The van der Waals surface area contributed by atoms with Gasteiger partial charge in [0, 0.05) is 42.1 Å². The van der Waals surface area contributed by atoms with Gasteiger partial charge >= 0.3 is 11.9 Å². The van der Waals surface area contributed by atoms with Gasteiger partial charge in [-0.3, -0.25) is 19.2 Å². The monoisotopic (exact) mass is 583 g/mol. The van der Waals surface area contributed by atoms with Gasteiger partial charge in [-0.05, 0) is 23.6 Å². The lowest BCUT2D eigenvalue weighted by Crippen LogP contribution is -2.58. The average Bonchev–Trinajstić information content (AvgIpc) is 3.36. The largest absolute Gasteiger partial charge is 0.481 e. The fraction of sp³-hybridized carbons (Fsp3) is 0.321. The molecule has 0 aliphatic carbocycles. The highest BCUT2D eigenvalue weighted by Gasteiger charge is 2.31. The number of carboxylic acid groups (broad SMARTS) is 2. The zero-order valence-corrected chi connectivity index (χ0v) is 23.0. The Hall–Kier alpha value is -4.36. The van der Waals surface area contributed by atoms with Crippen LogP contribution in [0.15, 0.2) is 60.8 Å². The van der Waals surface area contributed by atoms with Crippen molar-refractivity contribution in [2.24, 2.45) is 5.73 Å². The summed E-state index contributed by atoms with van der Waals surface area (Å²) in [6.07, 6.45) is 0.873. The van der Waals surface area contributed by atoms with Gasteiger partial charge in [-0.25, -0.2) is 4.79 Å². The highest BCUT2D eigenvalue weighted by molar-refractivity contribution is 7.80. The molecule has 0 saturated heterocycles. The minimum absolute atomic E-state index is 0.0299. The van der Waals surface area contributed by atoms with E-state index in [-0.39, 0.29) is 25.0 Å². The summed E-state index contributed by atoms with van der Waals surface area (Å²) in [7, 11) is 0. The number of rotatable bonds is 15. The molecule has 12 nitrogen and oxygen atoms in total. The lowest BCUT2D eigenvalue weighted by Gasteiger charge is -2.25. The van der Waals surface area contributed by atoms with E-state index in [9.17, 15) is 34.2 Å². The number of aromatic nitrogens is 1. The smallest absolute Gasteiger partial charge is 0.326 e. The Bertz CT molecular complexity index is 1380. The molecular formula is C28H33N5O7S. The summed E-state index contributed by atoms with van der Waals surface area (Å²) in [4.78, 5) is 65.5. The molecule has 4 atom stereocenters. The molecule has 2 aromatic carbocycles. The molecule has 0 aliphatic rings. The summed E-state index contributed by atoms with van der Waals surface area (Å²) in [6.45, 7) is 0. The van der Waals surface area contributed by atoms with Crippen molar-refractivity contribution >= 4 is 53.2 Å². The van der Waals surface area contributed by atoms with Gasteiger partial charge in [0.1, 0.15) is 18.1 Å². The first-order chi connectivity index (χ1) is 19.6. The Morgan fingerprint density at radius 2 is 1.41 bits per heavy atom. The van der Waals surface area contributed by atoms with E-state index in [0.29, 0.717) is 11.1 Å². The van der Waals surface area contributed by atoms with Gasteiger partial charge in [0.2, 0.25) is 17.7 Å². The summed E-state index contributed by atoms with van der Waals surface area (Å²) in [5, 5.41) is 27.3. The predicted octanol–water partition coefficient (Wildman–Crippen LogP) is 0.614. The van der Waals surface area contributed by atoms with E-state index >= 15 is 0 Å². The van der Waals surface area contributed by atoms with E-state index in [2.05, 4.69) is 33.6 Å². The lowest BCUT2D eigenvalue weighted by molar-refractivity contribution is -0.143. The Labute approximate surface area is 241 Å². The second-order valence-corrected chi connectivity index (χ2v) is 9.86. The molecule has 0 saturated carbocycles. The third-order valence-corrected chi connectivity index (χ3v) is 6.84. The first kappa shape index (κ1) is 31.2. The third-order valence-electron chi connectivity index (χ3n) is 6.44. The Morgan fingerprint density at radius 1 is 0.805 bits per heavy atom. The van der Waals surface area contributed by atoms with Crippen molar-refractivity contribution in [1.82, 2.24) is 20.9 Å². The number of para-hydroxylation sites is 1. The average molecular weight is 584 g/mol. The van der Waals surface area contributed by atoms with Crippen LogP contribution in [0.5, 0.6) is 0 Å². The van der Waals surface area contributed by atoms with Gasteiger partial charge < -0.3 is 36.9 Å². The van der Waals surface area contributed by atoms with Crippen LogP contribution in [-0.2, 0) is 36.8 Å². The minimum atomic E-state index is -1.39. The van der Waals surface area contributed by atoms with E-state index in [1.807, 2.05) is 18.2 Å². The molecule has 3 rings (SSSR count). The van der Waals surface area contributed by atoms with Crippen molar-refractivity contribution in [3.63, 3.8) is 0 Å². The summed E-state index contributed by atoms with van der Waals surface area (Å²) in [5.74, 6) is -4.75. The number of thiol groups is 1. The number of aliphatic carboxylic acids is 2. The molecule has 0 aliphatic heterocycles. The van der Waals surface area contributed by atoms with Crippen LogP contribution in [0, 0.1) is 0 Å². The van der Waals surface area contributed by atoms with Gasteiger partial charge in [0.25, 0.3) is 0 Å². The van der Waals surface area contributed by atoms with Crippen molar-refractivity contribution < 1.29 is 34.2 Å². The number of hydrogen-bond donors (Lipinski definition) is 8.